The SMILES string of the molecule is CNCc1cc(S(=O)(=O)N(C)Cc2csc(Br)c2)cn1C. The zero-order valence-electron chi connectivity index (χ0n) is 12.1. The summed E-state index contributed by atoms with van der Waals surface area (Å²) in [5.74, 6) is 0. The first-order valence-electron chi connectivity index (χ1n) is 6.33. The minimum absolute atomic E-state index is 0.326. The molecule has 2 aromatic rings. The van der Waals surface area contributed by atoms with Gasteiger partial charge in [-0.25, -0.2) is 8.42 Å². The lowest BCUT2D eigenvalue weighted by Crippen LogP contribution is -2.26. The lowest BCUT2D eigenvalue weighted by Gasteiger charge is -2.15. The van der Waals surface area contributed by atoms with Crippen molar-refractivity contribution in [1.29, 1.82) is 0 Å². The molecule has 2 heterocycles. The highest BCUT2D eigenvalue weighted by Gasteiger charge is 2.23. The highest BCUT2D eigenvalue weighted by atomic mass is 79.9. The molecular formula is C13H18BrN3O2S2. The van der Waals surface area contributed by atoms with Gasteiger partial charge in [0.2, 0.25) is 10.0 Å². The molecule has 1 N–H and O–H groups in total. The summed E-state index contributed by atoms with van der Waals surface area (Å²) >= 11 is 4.94. The molecule has 21 heavy (non-hydrogen) atoms. The van der Waals surface area contributed by atoms with Crippen molar-refractivity contribution in [3.05, 3.63) is 38.8 Å². The molecule has 0 spiro atoms. The third-order valence-electron chi connectivity index (χ3n) is 3.18. The Balaban J connectivity index is 2.22. The molecule has 0 atom stereocenters. The van der Waals surface area contributed by atoms with Gasteiger partial charge in [-0.2, -0.15) is 4.31 Å². The van der Waals surface area contributed by atoms with Crippen LogP contribution in [0.2, 0.25) is 0 Å². The van der Waals surface area contributed by atoms with Crippen molar-refractivity contribution in [1.82, 2.24) is 14.2 Å². The van der Waals surface area contributed by atoms with E-state index in [1.165, 1.54) is 4.31 Å². The molecule has 0 bridgehead atoms. The number of rotatable bonds is 6. The summed E-state index contributed by atoms with van der Waals surface area (Å²) in [4.78, 5) is 0.326. The second-order valence-corrected chi connectivity index (χ2v) is 9.16. The van der Waals surface area contributed by atoms with E-state index in [2.05, 4.69) is 21.2 Å². The Bertz CT molecular complexity index is 722. The van der Waals surface area contributed by atoms with Crippen molar-refractivity contribution >= 4 is 37.3 Å². The Morgan fingerprint density at radius 1 is 1.43 bits per heavy atom. The fourth-order valence-corrected chi connectivity index (χ4v) is 4.48. The van der Waals surface area contributed by atoms with Crippen molar-refractivity contribution in [2.24, 2.45) is 7.05 Å². The van der Waals surface area contributed by atoms with Crippen molar-refractivity contribution < 1.29 is 8.42 Å². The van der Waals surface area contributed by atoms with Crippen molar-refractivity contribution in [2.75, 3.05) is 14.1 Å². The third kappa shape index (κ3) is 3.75. The van der Waals surface area contributed by atoms with E-state index in [9.17, 15) is 8.42 Å². The van der Waals surface area contributed by atoms with Crippen LogP contribution in [0.1, 0.15) is 11.3 Å². The molecule has 0 unspecified atom stereocenters. The molecule has 0 saturated carbocycles. The highest BCUT2D eigenvalue weighted by Crippen LogP contribution is 2.24. The molecule has 0 aliphatic heterocycles. The Kier molecular flexibility index (Phi) is 5.26. The second kappa shape index (κ2) is 6.62. The first-order chi connectivity index (χ1) is 9.84. The second-order valence-electron chi connectivity index (χ2n) is 4.83. The summed E-state index contributed by atoms with van der Waals surface area (Å²) in [5.41, 5.74) is 1.91. The van der Waals surface area contributed by atoms with Crippen LogP contribution in [0.5, 0.6) is 0 Å². The van der Waals surface area contributed by atoms with Crippen LogP contribution >= 0.6 is 27.3 Å². The van der Waals surface area contributed by atoms with Crippen LogP contribution in [-0.4, -0.2) is 31.4 Å². The van der Waals surface area contributed by atoms with Gasteiger partial charge in [0.1, 0.15) is 4.90 Å². The van der Waals surface area contributed by atoms with Crippen LogP contribution in [-0.2, 0) is 30.2 Å². The van der Waals surface area contributed by atoms with Gasteiger partial charge in [0.25, 0.3) is 0 Å². The fraction of sp³-hybridized carbons (Fsp3) is 0.385. The van der Waals surface area contributed by atoms with Crippen LogP contribution in [0, 0.1) is 0 Å². The van der Waals surface area contributed by atoms with Gasteiger partial charge in [0.15, 0.2) is 0 Å². The average Bonchev–Trinajstić information content (AvgIpc) is 2.97. The summed E-state index contributed by atoms with van der Waals surface area (Å²) in [7, 11) is 1.81. The van der Waals surface area contributed by atoms with Gasteiger partial charge in [-0.3, -0.25) is 0 Å². The van der Waals surface area contributed by atoms with Gasteiger partial charge in [-0.1, -0.05) is 0 Å². The summed E-state index contributed by atoms with van der Waals surface area (Å²) < 4.78 is 29.4. The number of aromatic nitrogens is 1. The van der Waals surface area contributed by atoms with E-state index in [-0.39, 0.29) is 0 Å². The number of hydrogen-bond donors (Lipinski definition) is 1. The number of nitrogens with one attached hydrogen (secondary N) is 1. The molecule has 0 aliphatic carbocycles. The molecule has 0 aliphatic rings. The van der Waals surface area contributed by atoms with Gasteiger partial charge in [0, 0.05) is 39.1 Å². The van der Waals surface area contributed by atoms with E-state index in [1.54, 1.807) is 30.6 Å². The van der Waals surface area contributed by atoms with E-state index in [0.29, 0.717) is 18.0 Å². The van der Waals surface area contributed by atoms with E-state index < -0.39 is 10.0 Å². The number of thiophene rings is 1. The zero-order valence-corrected chi connectivity index (χ0v) is 15.3. The van der Waals surface area contributed by atoms with E-state index in [4.69, 9.17) is 0 Å². The molecule has 116 valence electrons. The molecule has 5 nitrogen and oxygen atoms in total. The molecule has 2 rings (SSSR count). The number of halogens is 1. The van der Waals surface area contributed by atoms with Gasteiger partial charge in [0.05, 0.1) is 3.79 Å². The fourth-order valence-electron chi connectivity index (χ4n) is 2.03. The molecule has 0 aromatic carbocycles. The summed E-state index contributed by atoms with van der Waals surface area (Å²) in [6.07, 6.45) is 1.65. The predicted octanol–water partition coefficient (Wildman–Crippen LogP) is 2.39. The normalized spacial score (nSPS) is 12.2. The largest absolute Gasteiger partial charge is 0.352 e. The van der Waals surface area contributed by atoms with Gasteiger partial charge in [-0.05, 0) is 46.1 Å². The highest BCUT2D eigenvalue weighted by molar-refractivity contribution is 9.11. The smallest absolute Gasteiger partial charge is 0.244 e. The lowest BCUT2D eigenvalue weighted by atomic mass is 10.3. The number of hydrogen-bond acceptors (Lipinski definition) is 4. The van der Waals surface area contributed by atoms with Gasteiger partial charge in [-0.15, -0.1) is 11.3 Å². The number of aryl methyl sites for hydroxylation is 1. The first kappa shape index (κ1) is 16.7. The number of nitrogens with zero attached hydrogens (tertiary/aromatic N) is 2. The minimum atomic E-state index is -3.47. The standard InChI is InChI=1S/C13H18BrN3O2S2/c1-15-6-11-5-12(8-16(11)2)21(18,19)17(3)7-10-4-13(14)20-9-10/h4-5,8-9,15H,6-7H2,1-3H3. The molecular weight excluding hydrogens is 374 g/mol. The molecule has 2 aromatic heterocycles. The molecule has 0 saturated heterocycles. The maximum absolute atomic E-state index is 12.6. The number of sulfonamides is 1. The van der Waals surface area contributed by atoms with E-state index in [0.717, 1.165) is 15.0 Å². The predicted molar refractivity (Wildman–Crippen MR) is 88.8 cm³/mol. The van der Waals surface area contributed by atoms with Crippen LogP contribution in [0.25, 0.3) is 0 Å². The summed E-state index contributed by atoms with van der Waals surface area (Å²) in [5, 5.41) is 4.98. The quantitative estimate of drug-likeness (QED) is 0.822. The summed E-state index contributed by atoms with van der Waals surface area (Å²) in [6.45, 7) is 0.994. The third-order valence-corrected chi connectivity index (χ3v) is 6.50. The van der Waals surface area contributed by atoms with Crippen LogP contribution < -0.4 is 5.32 Å². The Morgan fingerprint density at radius 2 is 2.14 bits per heavy atom. The average molecular weight is 392 g/mol. The first-order valence-corrected chi connectivity index (χ1v) is 9.45. The molecule has 0 radical (unpaired) electrons. The summed E-state index contributed by atoms with van der Waals surface area (Å²) in [6, 6.07) is 3.65. The van der Waals surface area contributed by atoms with Crippen LogP contribution in [0.4, 0.5) is 0 Å². The Hall–Kier alpha value is -0.670. The minimum Gasteiger partial charge on any atom is -0.352 e. The maximum atomic E-state index is 12.6. The van der Waals surface area contributed by atoms with Crippen molar-refractivity contribution in [3.8, 4) is 0 Å². The zero-order chi connectivity index (χ0) is 15.6. The van der Waals surface area contributed by atoms with Crippen LogP contribution in [0.15, 0.2) is 32.4 Å². The lowest BCUT2D eigenvalue weighted by molar-refractivity contribution is 0.467. The van der Waals surface area contributed by atoms with Gasteiger partial charge >= 0.3 is 0 Å². The maximum Gasteiger partial charge on any atom is 0.244 e. The van der Waals surface area contributed by atoms with E-state index in [1.807, 2.05) is 30.1 Å². The molecule has 0 amide bonds. The van der Waals surface area contributed by atoms with Crippen molar-refractivity contribution in [3.63, 3.8) is 0 Å². The van der Waals surface area contributed by atoms with Crippen molar-refractivity contribution in [2.45, 2.75) is 18.0 Å². The van der Waals surface area contributed by atoms with E-state index >= 15 is 0 Å². The molecule has 8 heteroatoms. The Labute approximate surface area is 137 Å². The topological polar surface area (TPSA) is 54.3 Å². The van der Waals surface area contributed by atoms with Gasteiger partial charge < -0.3 is 9.88 Å². The molecule has 0 fully saturated rings. The monoisotopic (exact) mass is 391 g/mol. The Morgan fingerprint density at radius 3 is 2.71 bits per heavy atom. The van der Waals surface area contributed by atoms with Crippen LogP contribution in [0.3, 0.4) is 0 Å².